The molecule has 0 unspecified atom stereocenters. The number of carbonyl (C=O) groups excluding carboxylic acids is 2. The number of carbonyl (C=O) groups is 2. The molecule has 2 saturated carbocycles. The summed E-state index contributed by atoms with van der Waals surface area (Å²) in [5.74, 6) is 0.534. The van der Waals surface area contributed by atoms with Crippen LogP contribution in [0, 0.1) is 35.5 Å². The van der Waals surface area contributed by atoms with Crippen molar-refractivity contribution in [1.82, 2.24) is 0 Å². The van der Waals surface area contributed by atoms with Gasteiger partial charge in [0.1, 0.15) is 5.75 Å². The predicted octanol–water partition coefficient (Wildman–Crippen LogP) is 2.60. The molecule has 0 aromatic heterocycles. The van der Waals surface area contributed by atoms with Crippen molar-refractivity contribution >= 4 is 29.1 Å². The Balaban J connectivity index is 1.62. The van der Waals surface area contributed by atoms with Gasteiger partial charge in [0.2, 0.25) is 11.8 Å². The average Bonchev–Trinajstić information content (AvgIpc) is 3.28. The number of phenolic OH excluding ortho intramolecular Hbond substituents is 1. The number of benzene rings is 1. The number of amides is 2. The molecular weight excluding hydrogens is 302 g/mol. The molecular formula is C17H14ClNO3. The van der Waals surface area contributed by atoms with Gasteiger partial charge < -0.3 is 5.11 Å². The number of allylic oxidation sites excluding steroid dienone is 2. The zero-order valence-corrected chi connectivity index (χ0v) is 12.4. The van der Waals surface area contributed by atoms with E-state index in [2.05, 4.69) is 12.2 Å². The first-order chi connectivity index (χ1) is 10.6. The summed E-state index contributed by atoms with van der Waals surface area (Å²) < 4.78 is 0. The minimum atomic E-state index is -0.260. The molecule has 1 N–H and O–H groups in total. The number of hydrogen-bond donors (Lipinski definition) is 1. The minimum absolute atomic E-state index is 0.0878. The van der Waals surface area contributed by atoms with Gasteiger partial charge in [-0.15, -0.1) is 0 Å². The SMILES string of the molecule is O=C1[C@@H]2[C@H]3C=C[C@H]([C@H]4C[C@@H]34)[C@@H]2C(=O)N1c1cc(Cl)ccc1O. The van der Waals surface area contributed by atoms with E-state index in [0.29, 0.717) is 16.9 Å². The summed E-state index contributed by atoms with van der Waals surface area (Å²) >= 11 is 5.97. The summed E-state index contributed by atoms with van der Waals surface area (Å²) in [4.78, 5) is 26.9. The highest BCUT2D eigenvalue weighted by molar-refractivity contribution is 6.31. The fourth-order valence-electron chi connectivity index (χ4n) is 4.87. The Labute approximate surface area is 132 Å². The van der Waals surface area contributed by atoms with E-state index >= 15 is 0 Å². The molecule has 1 saturated heterocycles. The van der Waals surface area contributed by atoms with Crippen molar-refractivity contribution in [2.24, 2.45) is 35.5 Å². The van der Waals surface area contributed by atoms with E-state index in [9.17, 15) is 14.7 Å². The first kappa shape index (κ1) is 12.7. The van der Waals surface area contributed by atoms with Crippen LogP contribution in [0.3, 0.4) is 0 Å². The Morgan fingerprint density at radius 3 is 2.23 bits per heavy atom. The lowest BCUT2D eigenvalue weighted by molar-refractivity contribution is -0.124. The molecule has 1 aromatic rings. The van der Waals surface area contributed by atoms with Gasteiger partial charge in [-0.25, -0.2) is 4.90 Å². The van der Waals surface area contributed by atoms with Crippen LogP contribution in [0.15, 0.2) is 30.4 Å². The molecule has 5 heteroatoms. The van der Waals surface area contributed by atoms with E-state index in [0.717, 1.165) is 11.3 Å². The molecule has 22 heavy (non-hydrogen) atoms. The van der Waals surface area contributed by atoms with Gasteiger partial charge in [-0.1, -0.05) is 23.8 Å². The van der Waals surface area contributed by atoms with Crippen molar-refractivity contribution < 1.29 is 14.7 Å². The first-order valence-electron chi connectivity index (χ1n) is 7.62. The summed E-state index contributed by atoms with van der Waals surface area (Å²) in [7, 11) is 0. The summed E-state index contributed by atoms with van der Waals surface area (Å²) in [6.45, 7) is 0. The minimum Gasteiger partial charge on any atom is -0.506 e. The quantitative estimate of drug-likeness (QED) is 0.640. The maximum atomic E-state index is 12.9. The lowest BCUT2D eigenvalue weighted by atomic mass is 9.63. The van der Waals surface area contributed by atoms with Crippen LogP contribution in [0.5, 0.6) is 5.75 Å². The van der Waals surface area contributed by atoms with E-state index in [4.69, 9.17) is 11.6 Å². The Hall–Kier alpha value is -1.81. The number of aromatic hydroxyl groups is 1. The lowest BCUT2D eigenvalue weighted by Crippen LogP contribution is -2.40. The number of halogens is 1. The van der Waals surface area contributed by atoms with E-state index < -0.39 is 0 Å². The van der Waals surface area contributed by atoms with Crippen molar-refractivity contribution in [2.45, 2.75) is 6.42 Å². The molecule has 2 bridgehead atoms. The topological polar surface area (TPSA) is 57.6 Å². The zero-order valence-electron chi connectivity index (χ0n) is 11.6. The van der Waals surface area contributed by atoms with Crippen LogP contribution in [0.25, 0.3) is 0 Å². The van der Waals surface area contributed by atoms with E-state index in [1.54, 1.807) is 6.07 Å². The fraction of sp³-hybridized carbons (Fsp3) is 0.412. The number of nitrogens with zero attached hydrogens (tertiary/aromatic N) is 1. The molecule has 6 atom stereocenters. The number of hydrogen-bond acceptors (Lipinski definition) is 3. The Bertz CT molecular complexity index is 722. The molecule has 112 valence electrons. The average molecular weight is 316 g/mol. The summed E-state index contributed by atoms with van der Waals surface area (Å²) in [5.41, 5.74) is 0.213. The van der Waals surface area contributed by atoms with Crippen LogP contribution in [0.2, 0.25) is 5.02 Å². The first-order valence-corrected chi connectivity index (χ1v) is 8.00. The van der Waals surface area contributed by atoms with Crippen molar-refractivity contribution in [3.8, 4) is 5.75 Å². The molecule has 6 rings (SSSR count). The normalized spacial score (nSPS) is 40.9. The van der Waals surface area contributed by atoms with Gasteiger partial charge in [-0.3, -0.25) is 9.59 Å². The standard InChI is InChI=1S/C17H14ClNO3/c18-7-1-4-13(20)12(5-7)19-16(21)14-8-2-3-9(11-6-10(8)11)15(14)17(19)22/h1-5,8-11,14-15,20H,6H2/t8-,9+,10-,11+,14+,15-. The van der Waals surface area contributed by atoms with Crippen LogP contribution in [0.4, 0.5) is 5.69 Å². The summed E-state index contributed by atoms with van der Waals surface area (Å²) in [5, 5.41) is 10.4. The van der Waals surface area contributed by atoms with E-state index in [1.807, 2.05) is 0 Å². The second kappa shape index (κ2) is 3.93. The van der Waals surface area contributed by atoms with E-state index in [-0.39, 0.29) is 46.9 Å². The van der Waals surface area contributed by atoms with Crippen molar-refractivity contribution in [2.75, 3.05) is 4.90 Å². The maximum Gasteiger partial charge on any atom is 0.238 e. The highest BCUT2D eigenvalue weighted by Gasteiger charge is 2.67. The molecule has 4 nitrogen and oxygen atoms in total. The summed E-state index contributed by atoms with van der Waals surface area (Å²) in [6, 6.07) is 4.45. The number of phenols is 1. The second-order valence-corrected chi connectivity index (χ2v) is 7.24. The molecule has 2 amide bonds. The number of imide groups is 1. The van der Waals surface area contributed by atoms with Gasteiger partial charge in [-0.05, 0) is 48.3 Å². The molecule has 5 aliphatic rings. The van der Waals surface area contributed by atoms with Crippen LogP contribution >= 0.6 is 11.6 Å². The Kier molecular flexibility index (Phi) is 2.27. The van der Waals surface area contributed by atoms with E-state index in [1.165, 1.54) is 12.1 Å². The highest BCUT2D eigenvalue weighted by atomic mass is 35.5. The Morgan fingerprint density at radius 1 is 1.05 bits per heavy atom. The molecule has 4 aliphatic carbocycles. The van der Waals surface area contributed by atoms with Crippen LogP contribution in [-0.2, 0) is 9.59 Å². The third-order valence-electron chi connectivity index (χ3n) is 5.84. The Morgan fingerprint density at radius 2 is 1.64 bits per heavy atom. The molecule has 1 aromatic carbocycles. The number of anilines is 1. The monoisotopic (exact) mass is 315 g/mol. The van der Waals surface area contributed by atoms with Crippen LogP contribution < -0.4 is 4.90 Å². The smallest absolute Gasteiger partial charge is 0.238 e. The number of rotatable bonds is 1. The van der Waals surface area contributed by atoms with Gasteiger partial charge >= 0.3 is 0 Å². The maximum absolute atomic E-state index is 12.9. The molecule has 0 radical (unpaired) electrons. The fourth-order valence-corrected chi connectivity index (χ4v) is 5.04. The summed E-state index contributed by atoms with van der Waals surface area (Å²) in [6.07, 6.45) is 5.40. The largest absolute Gasteiger partial charge is 0.506 e. The lowest BCUT2D eigenvalue weighted by Gasteiger charge is -2.37. The second-order valence-electron chi connectivity index (χ2n) is 6.80. The highest BCUT2D eigenvalue weighted by Crippen LogP contribution is 2.65. The molecule has 1 heterocycles. The predicted molar refractivity (Wildman–Crippen MR) is 80.3 cm³/mol. The van der Waals surface area contributed by atoms with Gasteiger partial charge in [0.15, 0.2) is 0 Å². The molecule has 1 aliphatic heterocycles. The van der Waals surface area contributed by atoms with Gasteiger partial charge in [-0.2, -0.15) is 0 Å². The van der Waals surface area contributed by atoms with Crippen LogP contribution in [0.1, 0.15) is 6.42 Å². The van der Waals surface area contributed by atoms with Gasteiger partial charge in [0.25, 0.3) is 0 Å². The molecule has 3 fully saturated rings. The zero-order chi connectivity index (χ0) is 15.2. The third-order valence-corrected chi connectivity index (χ3v) is 6.08. The van der Waals surface area contributed by atoms with Crippen molar-refractivity contribution in [1.29, 1.82) is 0 Å². The molecule has 0 spiro atoms. The van der Waals surface area contributed by atoms with Gasteiger partial charge in [0, 0.05) is 5.02 Å². The van der Waals surface area contributed by atoms with Crippen LogP contribution in [-0.4, -0.2) is 16.9 Å². The van der Waals surface area contributed by atoms with Gasteiger partial charge in [0.05, 0.1) is 17.5 Å². The van der Waals surface area contributed by atoms with Crippen molar-refractivity contribution in [3.05, 3.63) is 35.4 Å². The van der Waals surface area contributed by atoms with Crippen molar-refractivity contribution in [3.63, 3.8) is 0 Å². The third kappa shape index (κ3) is 1.39.